The van der Waals surface area contributed by atoms with Crippen molar-refractivity contribution in [2.45, 2.75) is 38.9 Å². The Balaban J connectivity index is 1.99. The summed E-state index contributed by atoms with van der Waals surface area (Å²) in [5.74, 6) is 1.06. The van der Waals surface area contributed by atoms with Crippen LogP contribution in [0, 0.1) is 5.92 Å². The zero-order valence-corrected chi connectivity index (χ0v) is 7.71. The Morgan fingerprint density at radius 1 is 1.67 bits per heavy atom. The standard InChI is InChI=1S/C9H16N2O/c1-3-7-4-8(7)11-6(2)10-5-9(11)12/h6-8,10H,3-5H2,1-2H3. The molecule has 1 N–H and O–H groups in total. The average Bonchev–Trinajstić information content (AvgIpc) is 2.74. The SMILES string of the molecule is CCC1CC1N1C(=O)CNC1C. The number of nitrogens with one attached hydrogen (secondary N) is 1. The summed E-state index contributed by atoms with van der Waals surface area (Å²) in [4.78, 5) is 13.4. The van der Waals surface area contributed by atoms with Crippen molar-refractivity contribution in [3.63, 3.8) is 0 Å². The summed E-state index contributed by atoms with van der Waals surface area (Å²) in [6, 6.07) is 0.549. The molecule has 2 fully saturated rings. The molecule has 1 heterocycles. The smallest absolute Gasteiger partial charge is 0.238 e. The van der Waals surface area contributed by atoms with Crippen LogP contribution in [0.1, 0.15) is 26.7 Å². The maximum atomic E-state index is 11.4. The number of rotatable bonds is 2. The summed E-state index contributed by atoms with van der Waals surface area (Å²) >= 11 is 0. The predicted octanol–water partition coefficient (Wildman–Crippen LogP) is 0.563. The van der Waals surface area contributed by atoms with Gasteiger partial charge in [-0.2, -0.15) is 0 Å². The molecule has 0 radical (unpaired) electrons. The van der Waals surface area contributed by atoms with Crippen LogP contribution in [0.4, 0.5) is 0 Å². The number of nitrogens with zero attached hydrogens (tertiary/aromatic N) is 1. The minimum Gasteiger partial charge on any atom is -0.323 e. The van der Waals surface area contributed by atoms with Gasteiger partial charge in [0.05, 0.1) is 12.7 Å². The summed E-state index contributed by atoms with van der Waals surface area (Å²) in [7, 11) is 0. The highest BCUT2D eigenvalue weighted by Gasteiger charge is 2.46. The third kappa shape index (κ3) is 1.12. The van der Waals surface area contributed by atoms with Gasteiger partial charge in [-0.15, -0.1) is 0 Å². The molecule has 2 rings (SSSR count). The van der Waals surface area contributed by atoms with Gasteiger partial charge in [0.1, 0.15) is 0 Å². The maximum Gasteiger partial charge on any atom is 0.238 e. The quantitative estimate of drug-likeness (QED) is 0.653. The van der Waals surface area contributed by atoms with E-state index in [1.807, 2.05) is 4.90 Å². The van der Waals surface area contributed by atoms with Gasteiger partial charge in [0.2, 0.25) is 5.91 Å². The van der Waals surface area contributed by atoms with Gasteiger partial charge in [-0.05, 0) is 19.3 Å². The molecule has 3 atom stereocenters. The maximum absolute atomic E-state index is 11.4. The van der Waals surface area contributed by atoms with E-state index in [9.17, 15) is 4.79 Å². The van der Waals surface area contributed by atoms with E-state index < -0.39 is 0 Å². The molecule has 1 saturated carbocycles. The number of hydrogen-bond donors (Lipinski definition) is 1. The molecule has 1 aliphatic carbocycles. The number of hydrogen-bond acceptors (Lipinski definition) is 2. The van der Waals surface area contributed by atoms with E-state index in [1.54, 1.807) is 0 Å². The van der Waals surface area contributed by atoms with Crippen molar-refractivity contribution in [1.82, 2.24) is 10.2 Å². The van der Waals surface area contributed by atoms with E-state index >= 15 is 0 Å². The van der Waals surface area contributed by atoms with E-state index in [-0.39, 0.29) is 12.1 Å². The first kappa shape index (κ1) is 8.05. The Hall–Kier alpha value is -0.570. The van der Waals surface area contributed by atoms with Crippen molar-refractivity contribution in [1.29, 1.82) is 0 Å². The fraction of sp³-hybridized carbons (Fsp3) is 0.889. The van der Waals surface area contributed by atoms with Crippen LogP contribution < -0.4 is 5.32 Å². The van der Waals surface area contributed by atoms with Crippen LogP contribution in [0.25, 0.3) is 0 Å². The van der Waals surface area contributed by atoms with E-state index in [2.05, 4.69) is 19.2 Å². The molecule has 3 unspecified atom stereocenters. The molecular weight excluding hydrogens is 152 g/mol. The van der Waals surface area contributed by atoms with Crippen LogP contribution >= 0.6 is 0 Å². The van der Waals surface area contributed by atoms with Gasteiger partial charge in [-0.1, -0.05) is 13.3 Å². The molecule has 1 amide bonds. The molecule has 1 saturated heterocycles. The zero-order chi connectivity index (χ0) is 8.72. The topological polar surface area (TPSA) is 32.3 Å². The molecule has 3 nitrogen and oxygen atoms in total. The summed E-state index contributed by atoms with van der Waals surface area (Å²) in [6.07, 6.45) is 2.69. The fourth-order valence-electron chi connectivity index (χ4n) is 2.12. The van der Waals surface area contributed by atoms with Crippen molar-refractivity contribution in [3.05, 3.63) is 0 Å². The molecule has 3 heteroatoms. The third-order valence-corrected chi connectivity index (χ3v) is 3.02. The Labute approximate surface area is 73.1 Å². The first-order valence-electron chi connectivity index (χ1n) is 4.78. The molecule has 12 heavy (non-hydrogen) atoms. The number of amides is 1. The van der Waals surface area contributed by atoms with Crippen LogP contribution in [0.3, 0.4) is 0 Å². The minimum atomic E-state index is 0.263. The lowest BCUT2D eigenvalue weighted by Gasteiger charge is -2.20. The highest BCUT2D eigenvalue weighted by atomic mass is 16.2. The van der Waals surface area contributed by atoms with Gasteiger partial charge in [0, 0.05) is 6.04 Å². The van der Waals surface area contributed by atoms with E-state index in [4.69, 9.17) is 0 Å². The molecule has 1 aliphatic heterocycles. The van der Waals surface area contributed by atoms with Gasteiger partial charge in [0.25, 0.3) is 0 Å². The minimum absolute atomic E-state index is 0.263. The van der Waals surface area contributed by atoms with Crippen LogP contribution in [-0.2, 0) is 4.79 Å². The van der Waals surface area contributed by atoms with Gasteiger partial charge in [-0.25, -0.2) is 0 Å². The summed E-state index contributed by atoms with van der Waals surface area (Å²) < 4.78 is 0. The summed E-state index contributed by atoms with van der Waals surface area (Å²) in [5, 5.41) is 3.16. The van der Waals surface area contributed by atoms with Crippen molar-refractivity contribution in [2.24, 2.45) is 5.92 Å². The Bertz CT molecular complexity index is 205. The Kier molecular flexibility index (Phi) is 1.83. The Morgan fingerprint density at radius 3 is 2.83 bits per heavy atom. The second kappa shape index (κ2) is 2.73. The number of carbonyl (C=O) groups excluding carboxylic acids is 1. The normalized spacial score (nSPS) is 40.7. The molecule has 0 spiro atoms. The van der Waals surface area contributed by atoms with Crippen molar-refractivity contribution in [3.8, 4) is 0 Å². The molecule has 0 bridgehead atoms. The number of carbonyl (C=O) groups is 1. The highest BCUT2D eigenvalue weighted by Crippen LogP contribution is 2.39. The molecule has 0 aromatic heterocycles. The van der Waals surface area contributed by atoms with Crippen molar-refractivity contribution in [2.75, 3.05) is 6.54 Å². The zero-order valence-electron chi connectivity index (χ0n) is 7.71. The summed E-state index contributed by atoms with van der Waals surface area (Å²) in [5.41, 5.74) is 0. The predicted molar refractivity (Wildman–Crippen MR) is 46.5 cm³/mol. The molecule has 0 aromatic rings. The lowest BCUT2D eigenvalue weighted by molar-refractivity contribution is -0.128. The Morgan fingerprint density at radius 2 is 2.42 bits per heavy atom. The van der Waals surface area contributed by atoms with Gasteiger partial charge >= 0.3 is 0 Å². The third-order valence-electron chi connectivity index (χ3n) is 3.02. The largest absolute Gasteiger partial charge is 0.323 e. The second-order valence-electron chi connectivity index (χ2n) is 3.83. The first-order valence-corrected chi connectivity index (χ1v) is 4.78. The van der Waals surface area contributed by atoms with Crippen molar-refractivity contribution >= 4 is 5.91 Å². The fourth-order valence-corrected chi connectivity index (χ4v) is 2.12. The first-order chi connectivity index (χ1) is 5.74. The van der Waals surface area contributed by atoms with Crippen LogP contribution in [-0.4, -0.2) is 29.6 Å². The van der Waals surface area contributed by atoms with Crippen LogP contribution in [0.5, 0.6) is 0 Å². The lowest BCUT2D eigenvalue weighted by atomic mass is 10.3. The highest BCUT2D eigenvalue weighted by molar-refractivity contribution is 5.81. The molecule has 0 aromatic carbocycles. The molecular formula is C9H16N2O. The van der Waals surface area contributed by atoms with E-state index in [0.29, 0.717) is 12.6 Å². The lowest BCUT2D eigenvalue weighted by Crippen LogP contribution is -2.37. The molecule has 68 valence electrons. The van der Waals surface area contributed by atoms with Crippen LogP contribution in [0.2, 0.25) is 0 Å². The van der Waals surface area contributed by atoms with Crippen LogP contribution in [0.15, 0.2) is 0 Å². The molecule has 2 aliphatic rings. The van der Waals surface area contributed by atoms with E-state index in [0.717, 1.165) is 5.92 Å². The average molecular weight is 168 g/mol. The van der Waals surface area contributed by atoms with Gasteiger partial charge in [0.15, 0.2) is 0 Å². The second-order valence-corrected chi connectivity index (χ2v) is 3.83. The van der Waals surface area contributed by atoms with E-state index in [1.165, 1.54) is 12.8 Å². The van der Waals surface area contributed by atoms with Gasteiger partial charge < -0.3 is 4.90 Å². The monoisotopic (exact) mass is 168 g/mol. The van der Waals surface area contributed by atoms with Gasteiger partial charge in [-0.3, -0.25) is 10.1 Å². The summed E-state index contributed by atoms with van der Waals surface area (Å²) in [6.45, 7) is 4.80. The van der Waals surface area contributed by atoms with Crippen molar-refractivity contribution < 1.29 is 4.79 Å².